The number of amides is 1. The predicted octanol–water partition coefficient (Wildman–Crippen LogP) is 4.08. The zero-order chi connectivity index (χ0) is 19.8. The van der Waals surface area contributed by atoms with Gasteiger partial charge in [-0.15, -0.1) is 10.2 Å². The van der Waals surface area contributed by atoms with Crippen molar-refractivity contribution in [1.82, 2.24) is 14.8 Å². The number of hydrogen-bond acceptors (Lipinski definition) is 4. The second-order valence-corrected chi connectivity index (χ2v) is 8.33. The van der Waals surface area contributed by atoms with Crippen LogP contribution in [-0.2, 0) is 18.3 Å². The summed E-state index contributed by atoms with van der Waals surface area (Å²) in [5, 5.41) is 8.80. The highest BCUT2D eigenvalue weighted by atomic mass is 32.2. The molecule has 3 aromatic rings. The molecule has 28 heavy (non-hydrogen) atoms. The zero-order valence-corrected chi connectivity index (χ0v) is 16.8. The summed E-state index contributed by atoms with van der Waals surface area (Å²) < 4.78 is 15.0. The number of aromatic nitrogens is 3. The molecule has 1 aliphatic heterocycles. The van der Waals surface area contributed by atoms with E-state index >= 15 is 0 Å². The van der Waals surface area contributed by atoms with Crippen LogP contribution in [0.3, 0.4) is 0 Å². The number of thioether (sulfide) groups is 1. The first-order valence-corrected chi connectivity index (χ1v) is 10.1. The van der Waals surface area contributed by atoms with Crippen LogP contribution in [-0.4, -0.2) is 32.0 Å². The Kier molecular flexibility index (Phi) is 4.93. The van der Waals surface area contributed by atoms with Gasteiger partial charge in [0, 0.05) is 24.3 Å². The Hall–Kier alpha value is -2.67. The van der Waals surface area contributed by atoms with E-state index < -0.39 is 0 Å². The van der Waals surface area contributed by atoms with E-state index in [1.807, 2.05) is 41.6 Å². The molecule has 1 aromatic heterocycles. The Morgan fingerprint density at radius 3 is 2.64 bits per heavy atom. The van der Waals surface area contributed by atoms with Crippen LogP contribution in [0.5, 0.6) is 0 Å². The first kappa shape index (κ1) is 18.7. The molecular weight excluding hydrogens is 375 g/mol. The summed E-state index contributed by atoms with van der Waals surface area (Å²) in [7, 11) is 1.85. The van der Waals surface area contributed by atoms with E-state index in [0.717, 1.165) is 17.7 Å². The maximum atomic E-state index is 13.2. The maximum Gasteiger partial charge on any atom is 0.240 e. The summed E-state index contributed by atoms with van der Waals surface area (Å²) in [5.74, 6) is 0.413. The molecule has 0 N–H and O–H groups in total. The molecule has 0 bridgehead atoms. The van der Waals surface area contributed by atoms with Crippen molar-refractivity contribution >= 4 is 23.4 Å². The Bertz CT molecular complexity index is 1020. The smallest absolute Gasteiger partial charge is 0.240 e. The SMILES string of the molecule is C[C@@H]1Cc2ccccc2N1C(=O)[C@@H](C)Sc1nnc(-c2ccc(F)cc2)n1C. The number of carbonyl (C=O) groups excluding carboxylic acids is 1. The lowest BCUT2D eigenvalue weighted by Gasteiger charge is -2.25. The van der Waals surface area contributed by atoms with E-state index in [0.29, 0.717) is 11.0 Å². The molecule has 0 saturated carbocycles. The molecule has 0 spiro atoms. The van der Waals surface area contributed by atoms with Crippen LogP contribution >= 0.6 is 11.8 Å². The van der Waals surface area contributed by atoms with Gasteiger partial charge in [0.2, 0.25) is 5.91 Å². The van der Waals surface area contributed by atoms with Crippen LogP contribution in [0.25, 0.3) is 11.4 Å². The Labute approximate surface area is 167 Å². The molecule has 2 aromatic carbocycles. The molecular formula is C21H21FN4OS. The van der Waals surface area contributed by atoms with E-state index in [4.69, 9.17) is 0 Å². The van der Waals surface area contributed by atoms with Gasteiger partial charge in [0.1, 0.15) is 5.82 Å². The minimum absolute atomic E-state index is 0.0637. The lowest BCUT2D eigenvalue weighted by Crippen LogP contribution is -2.40. The normalized spacial score (nSPS) is 16.9. The number of nitrogens with zero attached hydrogens (tertiary/aromatic N) is 4. The third-order valence-corrected chi connectivity index (χ3v) is 6.13. The molecule has 0 aliphatic carbocycles. The highest BCUT2D eigenvalue weighted by Gasteiger charge is 2.34. The molecule has 0 fully saturated rings. The van der Waals surface area contributed by atoms with E-state index in [2.05, 4.69) is 23.2 Å². The van der Waals surface area contributed by atoms with Crippen LogP contribution < -0.4 is 4.90 Å². The Balaban J connectivity index is 1.53. The molecule has 2 atom stereocenters. The van der Waals surface area contributed by atoms with Gasteiger partial charge in [-0.3, -0.25) is 4.79 Å². The zero-order valence-electron chi connectivity index (χ0n) is 16.0. The van der Waals surface area contributed by atoms with Gasteiger partial charge in [-0.25, -0.2) is 4.39 Å². The van der Waals surface area contributed by atoms with Crippen molar-refractivity contribution in [2.24, 2.45) is 7.05 Å². The number of para-hydroxylation sites is 1. The van der Waals surface area contributed by atoms with Gasteiger partial charge in [0.25, 0.3) is 0 Å². The largest absolute Gasteiger partial charge is 0.308 e. The van der Waals surface area contributed by atoms with Crippen LogP contribution in [0.2, 0.25) is 0 Å². The summed E-state index contributed by atoms with van der Waals surface area (Å²) in [6.45, 7) is 3.97. The minimum Gasteiger partial charge on any atom is -0.308 e. The molecule has 5 nitrogen and oxygen atoms in total. The van der Waals surface area contributed by atoms with Crippen molar-refractivity contribution in [2.45, 2.75) is 36.7 Å². The van der Waals surface area contributed by atoms with Gasteiger partial charge in [0.15, 0.2) is 11.0 Å². The summed E-state index contributed by atoms with van der Waals surface area (Å²) in [6.07, 6.45) is 0.873. The monoisotopic (exact) mass is 396 g/mol. The predicted molar refractivity (Wildman–Crippen MR) is 109 cm³/mol. The Morgan fingerprint density at radius 1 is 1.18 bits per heavy atom. The standard InChI is InChI=1S/C21H21FN4OS/c1-13-12-16-6-4-5-7-18(16)26(13)20(27)14(2)28-21-24-23-19(25(21)3)15-8-10-17(22)11-9-15/h4-11,13-14H,12H2,1-3H3/t13-,14-/m1/s1. The molecule has 144 valence electrons. The van der Waals surface area contributed by atoms with Gasteiger partial charge in [-0.2, -0.15) is 0 Å². The molecule has 4 rings (SSSR count). The third-order valence-electron chi connectivity index (χ3n) is 5.01. The average Bonchev–Trinajstić information content (AvgIpc) is 3.21. The second kappa shape index (κ2) is 7.39. The fourth-order valence-electron chi connectivity index (χ4n) is 3.57. The van der Waals surface area contributed by atoms with Crippen LogP contribution in [0.15, 0.2) is 53.7 Å². The fraction of sp³-hybridized carbons (Fsp3) is 0.286. The van der Waals surface area contributed by atoms with Crippen molar-refractivity contribution in [1.29, 1.82) is 0 Å². The molecule has 0 unspecified atom stereocenters. The summed E-state index contributed by atoms with van der Waals surface area (Å²) >= 11 is 1.38. The number of fused-ring (bicyclic) bond motifs is 1. The van der Waals surface area contributed by atoms with Crippen molar-refractivity contribution in [3.05, 3.63) is 59.9 Å². The van der Waals surface area contributed by atoms with E-state index in [-0.39, 0.29) is 23.0 Å². The number of anilines is 1. The highest BCUT2D eigenvalue weighted by Crippen LogP contribution is 2.35. The van der Waals surface area contributed by atoms with Gasteiger partial charge in [-0.05, 0) is 56.2 Å². The first-order chi connectivity index (χ1) is 13.5. The first-order valence-electron chi connectivity index (χ1n) is 9.18. The fourth-order valence-corrected chi connectivity index (χ4v) is 4.44. The summed E-state index contributed by atoms with van der Waals surface area (Å²) in [4.78, 5) is 15.0. The van der Waals surface area contributed by atoms with Crippen molar-refractivity contribution in [3.63, 3.8) is 0 Å². The number of rotatable bonds is 4. The van der Waals surface area contributed by atoms with Gasteiger partial charge in [-0.1, -0.05) is 30.0 Å². The number of halogens is 1. The number of hydrogen-bond donors (Lipinski definition) is 0. The molecule has 1 aliphatic rings. The van der Waals surface area contributed by atoms with E-state index in [1.165, 1.54) is 29.5 Å². The van der Waals surface area contributed by atoms with Crippen LogP contribution in [0.1, 0.15) is 19.4 Å². The molecule has 1 amide bonds. The molecule has 0 saturated heterocycles. The number of benzene rings is 2. The van der Waals surface area contributed by atoms with Crippen molar-refractivity contribution in [3.8, 4) is 11.4 Å². The molecule has 7 heteroatoms. The lowest BCUT2D eigenvalue weighted by molar-refractivity contribution is -0.118. The second-order valence-electron chi connectivity index (χ2n) is 7.02. The van der Waals surface area contributed by atoms with E-state index in [1.54, 1.807) is 12.1 Å². The number of carbonyl (C=O) groups is 1. The van der Waals surface area contributed by atoms with Crippen molar-refractivity contribution in [2.75, 3.05) is 4.90 Å². The summed E-state index contributed by atoms with van der Waals surface area (Å²) in [6, 6.07) is 14.3. The van der Waals surface area contributed by atoms with Crippen LogP contribution in [0, 0.1) is 5.82 Å². The van der Waals surface area contributed by atoms with Gasteiger partial charge >= 0.3 is 0 Å². The quantitative estimate of drug-likeness (QED) is 0.624. The van der Waals surface area contributed by atoms with Gasteiger partial charge < -0.3 is 9.47 Å². The van der Waals surface area contributed by atoms with Gasteiger partial charge in [0.05, 0.1) is 5.25 Å². The molecule has 0 radical (unpaired) electrons. The topological polar surface area (TPSA) is 51.0 Å². The van der Waals surface area contributed by atoms with Crippen LogP contribution in [0.4, 0.5) is 10.1 Å². The van der Waals surface area contributed by atoms with Crippen molar-refractivity contribution < 1.29 is 9.18 Å². The average molecular weight is 396 g/mol. The Morgan fingerprint density at radius 2 is 1.89 bits per heavy atom. The molecule has 2 heterocycles. The minimum atomic E-state index is -0.308. The summed E-state index contributed by atoms with van der Waals surface area (Å²) in [5.41, 5.74) is 2.99. The third kappa shape index (κ3) is 3.30. The highest BCUT2D eigenvalue weighted by molar-refractivity contribution is 8.00. The lowest BCUT2D eigenvalue weighted by atomic mass is 10.1. The van der Waals surface area contributed by atoms with E-state index in [9.17, 15) is 9.18 Å². The maximum absolute atomic E-state index is 13.2.